The van der Waals surface area contributed by atoms with Crippen molar-refractivity contribution in [2.75, 3.05) is 23.8 Å². The van der Waals surface area contributed by atoms with Gasteiger partial charge in [-0.1, -0.05) is 48.5 Å². The summed E-state index contributed by atoms with van der Waals surface area (Å²) in [6.45, 7) is -0.555. The molecule has 0 amide bonds. The van der Waals surface area contributed by atoms with Gasteiger partial charge in [-0.2, -0.15) is 0 Å². The van der Waals surface area contributed by atoms with E-state index in [4.69, 9.17) is 26.7 Å². The lowest BCUT2D eigenvalue weighted by atomic mass is 9.92. The third-order valence-corrected chi connectivity index (χ3v) is 12.5. The Morgan fingerprint density at radius 1 is 0.397 bits per heavy atom. The zero-order chi connectivity index (χ0) is 43.4. The van der Waals surface area contributed by atoms with Crippen LogP contribution in [0.2, 0.25) is 0 Å². The third-order valence-electron chi connectivity index (χ3n) is 12.5. The first-order valence-electron chi connectivity index (χ1n) is 21.0. The maximum atomic E-state index is 10.7. The van der Waals surface area contributed by atoms with E-state index >= 15 is 0 Å². The highest BCUT2D eigenvalue weighted by atomic mass is 16.7. The molecule has 0 spiro atoms. The van der Waals surface area contributed by atoms with Crippen LogP contribution in [0.25, 0.3) is 0 Å². The minimum atomic E-state index is -1.56. The maximum absolute atomic E-state index is 10.7. The zero-order valence-corrected chi connectivity index (χ0v) is 34.1. The van der Waals surface area contributed by atoms with Crippen LogP contribution in [0, 0.1) is 0 Å². The van der Waals surface area contributed by atoms with E-state index in [1.807, 2.05) is 48.5 Å². The van der Waals surface area contributed by atoms with Crippen LogP contribution in [0.15, 0.2) is 146 Å². The fourth-order valence-electron chi connectivity index (χ4n) is 9.28. The fraction of sp³-hybridized carbons (Fsp3) is 0.200. The van der Waals surface area contributed by atoms with Gasteiger partial charge in [-0.3, -0.25) is 0 Å². The van der Waals surface area contributed by atoms with Crippen molar-refractivity contribution >= 4 is 17.1 Å². The summed E-state index contributed by atoms with van der Waals surface area (Å²) < 4.78 is 11.6. The molecule has 2 unspecified atom stereocenters. The Morgan fingerprint density at radius 2 is 0.683 bits per heavy atom. The highest BCUT2D eigenvalue weighted by Gasteiger charge is 2.44. The molecule has 0 aliphatic carbocycles. The minimum Gasteiger partial charge on any atom is -0.462 e. The molecular weight excluding hydrogens is 795 g/mol. The Kier molecular flexibility index (Phi) is 10.4. The number of anilines is 3. The van der Waals surface area contributed by atoms with Gasteiger partial charge < -0.3 is 67.0 Å². The van der Waals surface area contributed by atoms with Gasteiger partial charge in [-0.05, 0) is 119 Å². The number of fused-ring (bicyclic) bond motifs is 8. The van der Waals surface area contributed by atoms with Crippen molar-refractivity contribution in [2.45, 2.75) is 54.4 Å². The van der Waals surface area contributed by atoms with Crippen molar-refractivity contribution in [3.05, 3.63) is 213 Å². The van der Waals surface area contributed by atoms with Crippen LogP contribution >= 0.6 is 0 Å². The Labute approximate surface area is 363 Å². The number of aliphatic hydroxyl groups excluding tert-OH is 4. The first kappa shape index (κ1) is 40.1. The van der Waals surface area contributed by atoms with E-state index in [2.05, 4.69) is 105 Å². The average Bonchev–Trinajstić information content (AvgIpc) is 4.15. The number of aliphatic hydroxyl groups is 4. The number of H-pyrrole nitrogens is 4. The molecule has 4 aromatic carbocycles. The molecule has 7 atom stereocenters. The van der Waals surface area contributed by atoms with Gasteiger partial charge >= 0.3 is 0 Å². The number of benzene rings is 4. The molecule has 0 radical (unpaired) electrons. The van der Waals surface area contributed by atoms with E-state index in [-0.39, 0.29) is 23.7 Å². The summed E-state index contributed by atoms with van der Waals surface area (Å²) in [6, 6.07) is 48.6. The van der Waals surface area contributed by atoms with E-state index in [0.29, 0.717) is 22.8 Å². The normalized spacial score (nSPS) is 24.5. The quantitative estimate of drug-likeness (QED) is 0.0848. The molecule has 1 saturated heterocycles. The van der Waals surface area contributed by atoms with Crippen molar-refractivity contribution in [3.63, 3.8) is 0 Å². The first-order chi connectivity index (χ1) is 30.6. The maximum Gasteiger partial charge on any atom is 0.229 e. The number of nitrogens with two attached hydrogens (primary N) is 3. The van der Waals surface area contributed by atoms with Crippen molar-refractivity contribution in [2.24, 2.45) is 0 Å². The number of aromatic nitrogens is 4. The monoisotopic (exact) mass is 843 g/mol. The molecule has 8 bridgehead atoms. The van der Waals surface area contributed by atoms with Gasteiger partial charge in [0.05, 0.1) is 30.3 Å². The summed E-state index contributed by atoms with van der Waals surface area (Å²) in [4.78, 5) is 15.4. The highest BCUT2D eigenvalue weighted by Crippen LogP contribution is 2.42. The van der Waals surface area contributed by atoms with Gasteiger partial charge in [0.15, 0.2) is 0 Å². The molecule has 2 aliphatic heterocycles. The molecule has 8 aromatic rings. The first-order valence-corrected chi connectivity index (χ1v) is 21.0. The number of hydrogen-bond acceptors (Lipinski definition) is 9. The van der Waals surface area contributed by atoms with Gasteiger partial charge in [0.2, 0.25) is 6.29 Å². The van der Waals surface area contributed by atoms with Crippen LogP contribution in [0.4, 0.5) is 17.1 Å². The summed E-state index contributed by atoms with van der Waals surface area (Å²) in [5.41, 5.74) is 32.6. The predicted molar refractivity (Wildman–Crippen MR) is 240 cm³/mol. The fourth-order valence-corrected chi connectivity index (χ4v) is 9.28. The number of ether oxygens (including phenoxy) is 2. The van der Waals surface area contributed by atoms with E-state index in [9.17, 15) is 20.4 Å². The summed E-state index contributed by atoms with van der Waals surface area (Å²) in [6.07, 6.45) is -6.99. The Bertz CT molecular complexity index is 2680. The topological polar surface area (TPSA) is 241 Å². The van der Waals surface area contributed by atoms with Gasteiger partial charge in [-0.25, -0.2) is 0 Å². The SMILES string of the molecule is Nc1ccc(C2c3ccc([nH]3)C(c3ccc(N)cc3)c3ccc([nH]3)C(c3ccc(O[C@@H]4O[C@@H](CO)[C@@H](O)[C@H](O)[C@@H]4O)cc3)c3ccc([nH]3)C(c3ccc(N)cc3)c3ccc2[nH]3)cc1. The highest BCUT2D eigenvalue weighted by molar-refractivity contribution is 5.52. The van der Waals surface area contributed by atoms with Crippen molar-refractivity contribution in [1.82, 2.24) is 19.9 Å². The molecule has 13 nitrogen and oxygen atoms in total. The van der Waals surface area contributed by atoms with E-state index in [0.717, 1.165) is 67.8 Å². The van der Waals surface area contributed by atoms with Gasteiger partial charge in [-0.15, -0.1) is 0 Å². The lowest BCUT2D eigenvalue weighted by Gasteiger charge is -2.39. The smallest absolute Gasteiger partial charge is 0.229 e. The minimum absolute atomic E-state index is 0.171. The summed E-state index contributed by atoms with van der Waals surface area (Å²) in [7, 11) is 0. The summed E-state index contributed by atoms with van der Waals surface area (Å²) >= 11 is 0. The van der Waals surface area contributed by atoms with Crippen LogP contribution in [0.3, 0.4) is 0 Å². The Balaban J connectivity index is 1.12. The largest absolute Gasteiger partial charge is 0.462 e. The predicted octanol–water partition coefficient (Wildman–Crippen LogP) is 5.96. The van der Waals surface area contributed by atoms with E-state index in [1.165, 1.54) is 0 Å². The summed E-state index contributed by atoms with van der Waals surface area (Å²) in [5.74, 6) is -0.540. The zero-order valence-electron chi connectivity index (χ0n) is 34.1. The molecule has 2 aliphatic rings. The number of aromatic amines is 4. The third kappa shape index (κ3) is 7.56. The van der Waals surface area contributed by atoms with Crippen LogP contribution < -0.4 is 21.9 Å². The van der Waals surface area contributed by atoms with Gasteiger partial charge in [0, 0.05) is 62.6 Å². The Hall–Kier alpha value is -7.00. The number of hydrogen-bond donors (Lipinski definition) is 11. The molecule has 320 valence electrons. The average molecular weight is 844 g/mol. The molecule has 63 heavy (non-hydrogen) atoms. The van der Waals surface area contributed by atoms with E-state index in [1.54, 1.807) is 12.1 Å². The molecule has 4 aromatic heterocycles. The second-order valence-electron chi connectivity index (χ2n) is 16.6. The molecule has 6 heterocycles. The molecule has 10 rings (SSSR count). The number of nitrogens with one attached hydrogen (secondary N) is 4. The van der Waals surface area contributed by atoms with Crippen LogP contribution in [0.1, 0.15) is 91.5 Å². The molecular formula is C50H49N7O6. The van der Waals surface area contributed by atoms with Gasteiger partial charge in [0.25, 0.3) is 0 Å². The molecule has 0 saturated carbocycles. The number of nitrogen functional groups attached to an aromatic ring is 3. The second kappa shape index (κ2) is 16.4. The van der Waals surface area contributed by atoms with Crippen molar-refractivity contribution < 1.29 is 29.9 Å². The van der Waals surface area contributed by atoms with Crippen molar-refractivity contribution in [1.29, 1.82) is 0 Å². The molecule has 14 N–H and O–H groups in total. The molecule has 1 fully saturated rings. The van der Waals surface area contributed by atoms with Crippen molar-refractivity contribution in [3.8, 4) is 5.75 Å². The van der Waals surface area contributed by atoms with E-state index < -0.39 is 37.3 Å². The lowest BCUT2D eigenvalue weighted by Crippen LogP contribution is -2.60. The second-order valence-corrected chi connectivity index (χ2v) is 16.6. The van der Waals surface area contributed by atoms with Crippen LogP contribution in [-0.4, -0.2) is 77.7 Å². The summed E-state index contributed by atoms with van der Waals surface area (Å²) in [5, 5.41) is 41.0. The lowest BCUT2D eigenvalue weighted by molar-refractivity contribution is -0.277. The standard InChI is InChI=1S/C50H49N7O6/c51-30-9-1-26(2-10-30)43-34-17-19-36(54-34)44(27-3-11-31(52)12-4-27)38-21-23-40(56-38)46(29-7-15-33(16-8-29)62-50-49(61)48(60)47(59)42(25-58)63-50)41-24-22-39(57-41)45(37-20-18-35(43)55-37)28-5-13-32(53)14-6-28/h1-24,42-50,54-61H,25,51-53H2/t42-,43?,44?,45?,46?,47+,48-,49-,50+/m0/s1. The number of rotatable bonds is 7. The Morgan fingerprint density at radius 3 is 0.968 bits per heavy atom. The van der Waals surface area contributed by atoms with Gasteiger partial charge in [0.1, 0.15) is 30.2 Å². The van der Waals surface area contributed by atoms with Crippen LogP contribution in [-0.2, 0) is 4.74 Å². The molecule has 13 heteroatoms. The van der Waals surface area contributed by atoms with Crippen LogP contribution in [0.5, 0.6) is 5.75 Å².